The number of aromatic amines is 1. The Bertz CT molecular complexity index is 432. The van der Waals surface area contributed by atoms with Crippen LogP contribution in [0.2, 0.25) is 0 Å². The molecule has 0 unspecified atom stereocenters. The number of hydrogen-bond donors (Lipinski definition) is 1. The first-order valence-corrected chi connectivity index (χ1v) is 5.55. The Morgan fingerprint density at radius 3 is 2.69 bits per heavy atom. The molecule has 0 aliphatic heterocycles. The van der Waals surface area contributed by atoms with Gasteiger partial charge < -0.3 is 9.88 Å². The summed E-state index contributed by atoms with van der Waals surface area (Å²) in [6, 6.07) is 4.05. The zero-order valence-electron chi connectivity index (χ0n) is 9.64. The average molecular weight is 216 g/mol. The minimum absolute atomic E-state index is 0.954. The minimum atomic E-state index is 0.954. The molecule has 4 heteroatoms. The molecule has 0 amide bonds. The maximum absolute atomic E-state index is 4.38. The summed E-state index contributed by atoms with van der Waals surface area (Å²) in [6.07, 6.45) is 5.41. The van der Waals surface area contributed by atoms with E-state index >= 15 is 0 Å². The fourth-order valence-corrected chi connectivity index (χ4v) is 1.72. The standard InChI is InChI=1S/C12H16N4/c1-3-16(4-2)12-7-10(5-6-14-12)11-8-13-9-15-11/h5-9H,3-4H2,1-2H3,(H,13,15). The molecule has 4 nitrogen and oxygen atoms in total. The molecule has 0 spiro atoms. The molecule has 84 valence electrons. The maximum Gasteiger partial charge on any atom is 0.129 e. The van der Waals surface area contributed by atoms with Gasteiger partial charge in [0.25, 0.3) is 0 Å². The number of nitrogens with zero attached hydrogens (tertiary/aromatic N) is 3. The molecule has 0 aliphatic carbocycles. The summed E-state index contributed by atoms with van der Waals surface area (Å²) >= 11 is 0. The Hall–Kier alpha value is -1.84. The topological polar surface area (TPSA) is 44.8 Å². The van der Waals surface area contributed by atoms with E-state index in [1.165, 1.54) is 0 Å². The normalized spacial score (nSPS) is 10.4. The summed E-state index contributed by atoms with van der Waals surface area (Å²) in [5, 5.41) is 0. The molecule has 2 rings (SSSR count). The molecular formula is C12H16N4. The Labute approximate surface area is 95.4 Å². The monoisotopic (exact) mass is 216 g/mol. The zero-order chi connectivity index (χ0) is 11.4. The second-order valence-corrected chi connectivity index (χ2v) is 3.53. The van der Waals surface area contributed by atoms with Gasteiger partial charge in [0, 0.05) is 31.0 Å². The van der Waals surface area contributed by atoms with E-state index in [1.54, 1.807) is 6.33 Å². The van der Waals surface area contributed by atoms with Gasteiger partial charge in [-0.1, -0.05) is 0 Å². The Kier molecular flexibility index (Phi) is 3.19. The van der Waals surface area contributed by atoms with Gasteiger partial charge in [-0.3, -0.25) is 0 Å². The van der Waals surface area contributed by atoms with E-state index < -0.39 is 0 Å². The van der Waals surface area contributed by atoms with Gasteiger partial charge in [-0.15, -0.1) is 0 Å². The van der Waals surface area contributed by atoms with Gasteiger partial charge in [0.2, 0.25) is 0 Å². The second kappa shape index (κ2) is 4.79. The lowest BCUT2D eigenvalue weighted by molar-refractivity contribution is 0.846. The van der Waals surface area contributed by atoms with E-state index in [4.69, 9.17) is 0 Å². The molecule has 2 aromatic rings. The zero-order valence-corrected chi connectivity index (χ0v) is 9.64. The Morgan fingerprint density at radius 1 is 1.25 bits per heavy atom. The van der Waals surface area contributed by atoms with Gasteiger partial charge in [0.1, 0.15) is 5.82 Å². The van der Waals surface area contributed by atoms with Gasteiger partial charge in [-0.05, 0) is 26.0 Å². The number of aromatic nitrogens is 3. The van der Waals surface area contributed by atoms with Gasteiger partial charge in [0.05, 0.1) is 12.0 Å². The van der Waals surface area contributed by atoms with Gasteiger partial charge in [-0.25, -0.2) is 9.97 Å². The molecule has 0 bridgehead atoms. The Balaban J connectivity index is 2.33. The highest BCUT2D eigenvalue weighted by Gasteiger charge is 2.06. The average Bonchev–Trinajstić information content (AvgIpc) is 2.85. The number of hydrogen-bond acceptors (Lipinski definition) is 3. The van der Waals surface area contributed by atoms with Crippen LogP contribution in [0.4, 0.5) is 5.82 Å². The fraction of sp³-hybridized carbons (Fsp3) is 0.333. The number of imidazole rings is 1. The predicted molar refractivity (Wildman–Crippen MR) is 65.4 cm³/mol. The molecule has 0 saturated heterocycles. The molecule has 0 aromatic carbocycles. The number of pyridine rings is 1. The molecule has 16 heavy (non-hydrogen) atoms. The fourth-order valence-electron chi connectivity index (χ4n) is 1.72. The summed E-state index contributed by atoms with van der Waals surface area (Å²) < 4.78 is 0. The molecular weight excluding hydrogens is 200 g/mol. The van der Waals surface area contributed by atoms with Gasteiger partial charge in [0.15, 0.2) is 0 Å². The third-order valence-electron chi connectivity index (χ3n) is 2.63. The van der Waals surface area contributed by atoms with Gasteiger partial charge >= 0.3 is 0 Å². The summed E-state index contributed by atoms with van der Waals surface area (Å²) in [5.41, 5.74) is 2.05. The van der Waals surface area contributed by atoms with Crippen molar-refractivity contribution in [2.24, 2.45) is 0 Å². The molecule has 1 N–H and O–H groups in total. The van der Waals surface area contributed by atoms with Crippen LogP contribution in [0.3, 0.4) is 0 Å². The van der Waals surface area contributed by atoms with Crippen molar-refractivity contribution in [1.29, 1.82) is 0 Å². The first-order chi connectivity index (χ1) is 7.85. The highest BCUT2D eigenvalue weighted by molar-refractivity contribution is 5.62. The molecule has 0 saturated carbocycles. The molecule has 0 atom stereocenters. The summed E-state index contributed by atoms with van der Waals surface area (Å²) in [4.78, 5) is 13.8. The van der Waals surface area contributed by atoms with E-state index in [0.29, 0.717) is 0 Å². The lowest BCUT2D eigenvalue weighted by atomic mass is 10.2. The molecule has 0 fully saturated rings. The van der Waals surface area contributed by atoms with Crippen LogP contribution in [-0.2, 0) is 0 Å². The van der Waals surface area contributed by atoms with E-state index in [2.05, 4.69) is 39.8 Å². The first-order valence-electron chi connectivity index (χ1n) is 5.55. The third-order valence-corrected chi connectivity index (χ3v) is 2.63. The predicted octanol–water partition coefficient (Wildman–Crippen LogP) is 2.32. The summed E-state index contributed by atoms with van der Waals surface area (Å²) in [5.74, 6) is 1.01. The number of anilines is 1. The highest BCUT2D eigenvalue weighted by atomic mass is 15.2. The van der Waals surface area contributed by atoms with Gasteiger partial charge in [-0.2, -0.15) is 0 Å². The lowest BCUT2D eigenvalue weighted by Gasteiger charge is -2.19. The minimum Gasteiger partial charge on any atom is -0.357 e. The van der Waals surface area contributed by atoms with Crippen molar-refractivity contribution in [2.45, 2.75) is 13.8 Å². The van der Waals surface area contributed by atoms with Crippen molar-refractivity contribution in [3.63, 3.8) is 0 Å². The number of nitrogens with one attached hydrogen (secondary N) is 1. The SMILES string of the molecule is CCN(CC)c1cc(-c2c[nH]cn2)ccn1. The molecule has 0 radical (unpaired) electrons. The van der Waals surface area contributed by atoms with Crippen LogP contribution in [0.25, 0.3) is 11.3 Å². The molecule has 0 aliphatic rings. The smallest absolute Gasteiger partial charge is 0.129 e. The van der Waals surface area contributed by atoms with Crippen molar-refractivity contribution in [3.8, 4) is 11.3 Å². The molecule has 2 aromatic heterocycles. The highest BCUT2D eigenvalue weighted by Crippen LogP contribution is 2.20. The van der Waals surface area contributed by atoms with Crippen molar-refractivity contribution < 1.29 is 0 Å². The number of rotatable bonds is 4. The van der Waals surface area contributed by atoms with E-state index in [0.717, 1.165) is 30.2 Å². The largest absolute Gasteiger partial charge is 0.357 e. The van der Waals surface area contributed by atoms with Crippen molar-refractivity contribution >= 4 is 5.82 Å². The van der Waals surface area contributed by atoms with Crippen LogP contribution in [0.15, 0.2) is 30.9 Å². The lowest BCUT2D eigenvalue weighted by Crippen LogP contribution is -2.22. The van der Waals surface area contributed by atoms with Crippen LogP contribution in [0, 0.1) is 0 Å². The van der Waals surface area contributed by atoms with E-state index in [9.17, 15) is 0 Å². The van der Waals surface area contributed by atoms with Crippen LogP contribution in [0.5, 0.6) is 0 Å². The summed E-state index contributed by atoms with van der Waals surface area (Å²) in [7, 11) is 0. The quantitative estimate of drug-likeness (QED) is 0.853. The van der Waals surface area contributed by atoms with E-state index in [-0.39, 0.29) is 0 Å². The third kappa shape index (κ3) is 2.05. The molecule has 2 heterocycles. The number of H-pyrrole nitrogens is 1. The van der Waals surface area contributed by atoms with Crippen molar-refractivity contribution in [3.05, 3.63) is 30.9 Å². The maximum atomic E-state index is 4.38. The van der Waals surface area contributed by atoms with Crippen LogP contribution >= 0.6 is 0 Å². The van der Waals surface area contributed by atoms with Crippen LogP contribution in [0.1, 0.15) is 13.8 Å². The second-order valence-electron chi connectivity index (χ2n) is 3.53. The Morgan fingerprint density at radius 2 is 2.06 bits per heavy atom. The van der Waals surface area contributed by atoms with Crippen molar-refractivity contribution in [2.75, 3.05) is 18.0 Å². The van der Waals surface area contributed by atoms with Crippen molar-refractivity contribution in [1.82, 2.24) is 15.0 Å². The van der Waals surface area contributed by atoms with E-state index in [1.807, 2.05) is 18.5 Å². The first kappa shape index (κ1) is 10.7. The van der Waals surface area contributed by atoms with Crippen LogP contribution < -0.4 is 4.90 Å². The summed E-state index contributed by atoms with van der Waals surface area (Å²) in [6.45, 7) is 6.19. The van der Waals surface area contributed by atoms with Crippen LogP contribution in [-0.4, -0.2) is 28.0 Å².